The maximum Gasteiger partial charge on any atom is 0.239 e. The number of phenolic OH excluding ortho intramolecular Hbond substituents is 3. The molecule has 5 unspecified atom stereocenters. The highest BCUT2D eigenvalue weighted by molar-refractivity contribution is 5.88. The van der Waals surface area contributed by atoms with E-state index in [1.165, 1.54) is 25.1 Å². The van der Waals surface area contributed by atoms with Crippen LogP contribution in [0.3, 0.4) is 0 Å². The summed E-state index contributed by atoms with van der Waals surface area (Å²) < 4.78 is 16.9. The molecule has 1 aliphatic heterocycles. The number of aliphatic hydroxyl groups excluding tert-OH is 3. The molecule has 5 atom stereocenters. The fraction of sp³-hybridized carbons (Fsp3) is 0.318. The molecule has 0 radical (unpaired) electrons. The Kier molecular flexibility index (Phi) is 5.47. The van der Waals surface area contributed by atoms with Gasteiger partial charge in [0.15, 0.2) is 5.76 Å². The summed E-state index contributed by atoms with van der Waals surface area (Å²) in [6.45, 7) is 3.08. The van der Waals surface area contributed by atoms with Crippen LogP contribution < -0.4 is 10.2 Å². The lowest BCUT2D eigenvalue weighted by molar-refractivity contribution is -0.268. The molecule has 10 nitrogen and oxygen atoms in total. The summed E-state index contributed by atoms with van der Waals surface area (Å²) in [6.07, 6.45) is -7.13. The van der Waals surface area contributed by atoms with Crippen LogP contribution in [0.5, 0.6) is 23.0 Å². The molecule has 2 heterocycles. The Labute approximate surface area is 181 Å². The number of hydrogen-bond donors (Lipinski definition) is 6. The van der Waals surface area contributed by atoms with Gasteiger partial charge in [0.2, 0.25) is 17.5 Å². The van der Waals surface area contributed by atoms with Gasteiger partial charge in [-0.2, -0.15) is 0 Å². The molecule has 3 aromatic rings. The first kappa shape index (κ1) is 21.9. The van der Waals surface area contributed by atoms with Gasteiger partial charge in [0.1, 0.15) is 46.5 Å². The second-order valence-electron chi connectivity index (χ2n) is 7.73. The third kappa shape index (κ3) is 3.63. The van der Waals surface area contributed by atoms with Gasteiger partial charge in [-0.3, -0.25) is 4.79 Å². The molecule has 0 spiro atoms. The molecule has 0 bridgehead atoms. The number of hydrogen-bond acceptors (Lipinski definition) is 10. The maximum atomic E-state index is 13.3. The van der Waals surface area contributed by atoms with Crippen molar-refractivity contribution in [3.05, 3.63) is 46.1 Å². The number of phenols is 3. The first-order valence-electron chi connectivity index (χ1n) is 9.77. The number of aryl methyl sites for hydroxylation is 1. The highest BCUT2D eigenvalue weighted by Crippen LogP contribution is 2.38. The van der Waals surface area contributed by atoms with Crippen molar-refractivity contribution < 1.29 is 44.5 Å². The summed E-state index contributed by atoms with van der Waals surface area (Å²) in [5, 5.41) is 59.9. The monoisotopic (exact) mass is 446 g/mol. The SMILES string of the molecule is Cc1cc(-c2oc3cc(O)cc(O)c3c(=O)c2OC2OC(C)C(O)C(O)C2O)ccc1O. The summed E-state index contributed by atoms with van der Waals surface area (Å²) in [4.78, 5) is 13.3. The van der Waals surface area contributed by atoms with Crippen LogP contribution in [0.1, 0.15) is 12.5 Å². The molecule has 170 valence electrons. The van der Waals surface area contributed by atoms with E-state index >= 15 is 0 Å². The zero-order chi connectivity index (χ0) is 23.3. The summed E-state index contributed by atoms with van der Waals surface area (Å²) >= 11 is 0. The molecule has 2 aromatic carbocycles. The third-order valence-electron chi connectivity index (χ3n) is 5.42. The van der Waals surface area contributed by atoms with Gasteiger partial charge in [-0.1, -0.05) is 0 Å². The lowest BCUT2D eigenvalue weighted by Crippen LogP contribution is -2.58. The number of rotatable bonds is 3. The van der Waals surface area contributed by atoms with Gasteiger partial charge in [-0.05, 0) is 37.6 Å². The predicted molar refractivity (Wildman–Crippen MR) is 111 cm³/mol. The number of ether oxygens (including phenoxy) is 2. The molecular formula is C22H22O10. The summed E-state index contributed by atoms with van der Waals surface area (Å²) in [6, 6.07) is 6.47. The summed E-state index contributed by atoms with van der Waals surface area (Å²) in [5.74, 6) is -1.45. The average molecular weight is 446 g/mol. The standard InChI is InChI=1S/C22H22O10/c1-8-5-10(3-4-12(8)24)20-21(32-22-19(29)18(28)16(26)9(2)30-22)17(27)15-13(25)6-11(23)7-14(15)31-20/h3-7,9,16,18-19,22-26,28-29H,1-2H3. The van der Waals surface area contributed by atoms with Gasteiger partial charge in [0.25, 0.3) is 0 Å². The molecule has 0 aliphatic carbocycles. The van der Waals surface area contributed by atoms with Crippen molar-refractivity contribution in [1.82, 2.24) is 0 Å². The van der Waals surface area contributed by atoms with Crippen molar-refractivity contribution in [2.24, 2.45) is 0 Å². The first-order chi connectivity index (χ1) is 15.1. The fourth-order valence-electron chi connectivity index (χ4n) is 3.59. The summed E-state index contributed by atoms with van der Waals surface area (Å²) in [7, 11) is 0. The van der Waals surface area contributed by atoms with Crippen LogP contribution in [0, 0.1) is 6.92 Å². The third-order valence-corrected chi connectivity index (χ3v) is 5.42. The number of benzene rings is 2. The molecule has 0 amide bonds. The largest absolute Gasteiger partial charge is 0.508 e. The molecule has 4 rings (SSSR count). The Balaban J connectivity index is 1.92. The normalized spacial score (nSPS) is 25.7. The van der Waals surface area contributed by atoms with Gasteiger partial charge < -0.3 is 44.5 Å². The molecule has 10 heteroatoms. The highest BCUT2D eigenvalue weighted by Gasteiger charge is 2.44. The molecule has 1 aromatic heterocycles. The zero-order valence-corrected chi connectivity index (χ0v) is 17.1. The van der Waals surface area contributed by atoms with E-state index in [0.717, 1.165) is 12.1 Å². The molecular weight excluding hydrogens is 424 g/mol. The quantitative estimate of drug-likeness (QED) is 0.342. The second kappa shape index (κ2) is 7.99. The van der Waals surface area contributed by atoms with Gasteiger partial charge >= 0.3 is 0 Å². The lowest BCUT2D eigenvalue weighted by Gasteiger charge is -2.38. The minimum Gasteiger partial charge on any atom is -0.508 e. The van der Waals surface area contributed by atoms with Crippen LogP contribution in [0.2, 0.25) is 0 Å². The minimum atomic E-state index is -1.70. The van der Waals surface area contributed by atoms with Gasteiger partial charge in [0.05, 0.1) is 6.10 Å². The Morgan fingerprint density at radius 2 is 1.66 bits per heavy atom. The Morgan fingerprint density at radius 3 is 2.34 bits per heavy atom. The summed E-state index contributed by atoms with van der Waals surface area (Å²) in [5.41, 5.74) is -0.171. The number of aromatic hydroxyl groups is 3. The Hall–Kier alpha value is -3.31. The van der Waals surface area contributed by atoms with Crippen molar-refractivity contribution in [3.8, 4) is 34.3 Å². The molecule has 6 N–H and O–H groups in total. The second-order valence-corrected chi connectivity index (χ2v) is 7.73. The van der Waals surface area contributed by atoms with Crippen molar-refractivity contribution in [3.63, 3.8) is 0 Å². The first-order valence-corrected chi connectivity index (χ1v) is 9.77. The number of fused-ring (bicyclic) bond motifs is 1. The molecule has 0 saturated carbocycles. The highest BCUT2D eigenvalue weighted by atomic mass is 16.7. The number of aliphatic hydroxyl groups is 3. The molecule has 32 heavy (non-hydrogen) atoms. The van der Waals surface area contributed by atoms with Gasteiger partial charge in [-0.25, -0.2) is 0 Å². The van der Waals surface area contributed by atoms with E-state index in [1.54, 1.807) is 6.92 Å². The van der Waals surface area contributed by atoms with E-state index in [9.17, 15) is 35.4 Å². The van der Waals surface area contributed by atoms with Crippen LogP contribution in [-0.2, 0) is 4.74 Å². The predicted octanol–water partition coefficient (Wildman–Crippen LogP) is 1.09. The van der Waals surface area contributed by atoms with Crippen LogP contribution >= 0.6 is 0 Å². The average Bonchev–Trinajstić information content (AvgIpc) is 2.73. The smallest absolute Gasteiger partial charge is 0.239 e. The minimum absolute atomic E-state index is 0.00612. The van der Waals surface area contributed by atoms with Crippen molar-refractivity contribution in [2.45, 2.75) is 44.6 Å². The molecule has 1 aliphatic rings. The zero-order valence-electron chi connectivity index (χ0n) is 17.1. The van der Waals surface area contributed by atoms with E-state index in [1.807, 2.05) is 0 Å². The van der Waals surface area contributed by atoms with Gasteiger partial charge in [-0.15, -0.1) is 0 Å². The Morgan fingerprint density at radius 1 is 0.938 bits per heavy atom. The van der Waals surface area contributed by atoms with E-state index in [0.29, 0.717) is 11.1 Å². The molecule has 1 saturated heterocycles. The van der Waals surface area contributed by atoms with Crippen LogP contribution in [-0.4, -0.2) is 61.3 Å². The maximum absolute atomic E-state index is 13.3. The van der Waals surface area contributed by atoms with E-state index in [2.05, 4.69) is 0 Å². The fourth-order valence-corrected chi connectivity index (χ4v) is 3.59. The lowest BCUT2D eigenvalue weighted by atomic mass is 10.00. The molecule has 1 fully saturated rings. The Bertz CT molecular complexity index is 1230. The van der Waals surface area contributed by atoms with Crippen LogP contribution in [0.15, 0.2) is 39.5 Å². The van der Waals surface area contributed by atoms with E-state index < -0.39 is 47.6 Å². The van der Waals surface area contributed by atoms with Crippen molar-refractivity contribution in [2.75, 3.05) is 0 Å². The van der Waals surface area contributed by atoms with Crippen molar-refractivity contribution >= 4 is 11.0 Å². The van der Waals surface area contributed by atoms with Crippen molar-refractivity contribution in [1.29, 1.82) is 0 Å². The van der Waals surface area contributed by atoms with E-state index in [-0.39, 0.29) is 28.2 Å². The van der Waals surface area contributed by atoms with Crippen LogP contribution in [0.25, 0.3) is 22.3 Å². The van der Waals surface area contributed by atoms with Gasteiger partial charge in [0, 0.05) is 17.7 Å². The van der Waals surface area contributed by atoms with Crippen LogP contribution in [0.4, 0.5) is 0 Å². The topological polar surface area (TPSA) is 170 Å². The van der Waals surface area contributed by atoms with E-state index in [4.69, 9.17) is 13.9 Å².